The van der Waals surface area contributed by atoms with E-state index in [0.29, 0.717) is 65.3 Å². The van der Waals surface area contributed by atoms with Gasteiger partial charge in [-0.25, -0.2) is 19.7 Å². The SMILES string of the molecule is CC(NC(=O)Nc1ccc(Oc2ncnc3cc(OCCCN4CCOCC4)c4c(c23)OCCO4)cc1)c1nccs1. The number of aromatic nitrogens is 3. The van der Waals surface area contributed by atoms with Crippen molar-refractivity contribution < 1.29 is 28.5 Å². The molecule has 1 atom stereocenters. The Bertz CT molecular complexity index is 1500. The fraction of sp³-hybridized carbons (Fsp3) is 0.379. The lowest BCUT2D eigenvalue weighted by Gasteiger charge is -2.26. The third-order valence-electron chi connectivity index (χ3n) is 6.82. The quantitative estimate of drug-likeness (QED) is 0.251. The van der Waals surface area contributed by atoms with Crippen LogP contribution in [-0.2, 0) is 4.74 Å². The van der Waals surface area contributed by atoms with E-state index < -0.39 is 0 Å². The van der Waals surface area contributed by atoms with Crippen LogP contribution in [-0.4, -0.2) is 78.6 Å². The Morgan fingerprint density at radius 1 is 1.07 bits per heavy atom. The van der Waals surface area contributed by atoms with Crippen molar-refractivity contribution >= 4 is 34.0 Å². The van der Waals surface area contributed by atoms with Gasteiger partial charge in [-0.15, -0.1) is 11.3 Å². The minimum Gasteiger partial charge on any atom is -0.489 e. The summed E-state index contributed by atoms with van der Waals surface area (Å²) >= 11 is 1.49. The fourth-order valence-corrected chi connectivity index (χ4v) is 5.40. The van der Waals surface area contributed by atoms with Crippen LogP contribution >= 0.6 is 11.3 Å². The molecule has 1 unspecified atom stereocenters. The topological polar surface area (TPSA) is 129 Å². The standard InChI is InChI=1S/C29H32N6O6S/c1-19(28-30-7-16-42-28)33-29(36)34-20-3-5-21(6-4-20)41-27-24-22(31-18-32-27)17-23(25-26(24)40-15-14-39-25)38-11-2-8-35-9-12-37-13-10-35/h3-7,16-19H,2,8-15H2,1H3,(H2,33,34,36). The number of morpholine rings is 1. The van der Waals surface area contributed by atoms with E-state index in [4.69, 9.17) is 23.7 Å². The zero-order valence-electron chi connectivity index (χ0n) is 23.2. The Kier molecular flexibility index (Phi) is 8.78. The molecular formula is C29H32N6O6S. The first-order valence-corrected chi connectivity index (χ1v) is 14.8. The van der Waals surface area contributed by atoms with Crippen molar-refractivity contribution in [2.24, 2.45) is 0 Å². The molecule has 1 saturated heterocycles. The van der Waals surface area contributed by atoms with Gasteiger partial charge in [-0.3, -0.25) is 4.90 Å². The highest BCUT2D eigenvalue weighted by molar-refractivity contribution is 7.09. The highest BCUT2D eigenvalue weighted by atomic mass is 32.1. The second-order valence-corrected chi connectivity index (χ2v) is 10.7. The third-order valence-corrected chi connectivity index (χ3v) is 7.78. The summed E-state index contributed by atoms with van der Waals surface area (Å²) in [4.78, 5) is 27.9. The molecule has 2 aliphatic rings. The average Bonchev–Trinajstić information content (AvgIpc) is 3.56. The number of ether oxygens (including phenoxy) is 5. The van der Waals surface area contributed by atoms with Crippen LogP contribution in [0, 0.1) is 0 Å². The molecule has 2 amide bonds. The van der Waals surface area contributed by atoms with Crippen LogP contribution in [0.15, 0.2) is 48.2 Å². The molecule has 0 spiro atoms. The maximum atomic E-state index is 12.4. The minimum atomic E-state index is -0.323. The van der Waals surface area contributed by atoms with Gasteiger partial charge in [0.15, 0.2) is 11.5 Å². The Labute approximate surface area is 246 Å². The summed E-state index contributed by atoms with van der Waals surface area (Å²) in [5.74, 6) is 2.48. The van der Waals surface area contributed by atoms with Crippen molar-refractivity contribution in [2.75, 3.05) is 58.0 Å². The summed E-state index contributed by atoms with van der Waals surface area (Å²) in [6, 6.07) is 8.33. The van der Waals surface area contributed by atoms with Crippen molar-refractivity contribution in [2.45, 2.75) is 19.4 Å². The summed E-state index contributed by atoms with van der Waals surface area (Å²) in [7, 11) is 0. The predicted molar refractivity (Wildman–Crippen MR) is 157 cm³/mol. The van der Waals surface area contributed by atoms with Crippen LogP contribution in [0.3, 0.4) is 0 Å². The Morgan fingerprint density at radius 3 is 2.67 bits per heavy atom. The number of amides is 2. The molecule has 0 bridgehead atoms. The Hall–Kier alpha value is -4.20. The molecule has 2 aromatic heterocycles. The van der Waals surface area contributed by atoms with Crippen molar-refractivity contribution in [1.82, 2.24) is 25.2 Å². The van der Waals surface area contributed by atoms with Crippen LogP contribution in [0.5, 0.6) is 28.9 Å². The maximum Gasteiger partial charge on any atom is 0.319 e. The van der Waals surface area contributed by atoms with Gasteiger partial charge in [0.05, 0.1) is 31.4 Å². The predicted octanol–water partition coefficient (Wildman–Crippen LogP) is 4.63. The molecule has 0 aliphatic carbocycles. The molecule has 1 fully saturated rings. The van der Waals surface area contributed by atoms with Crippen LogP contribution in [0.4, 0.5) is 10.5 Å². The van der Waals surface area contributed by atoms with E-state index in [2.05, 4.69) is 30.5 Å². The number of carbonyl (C=O) groups excluding carboxylic acids is 1. The van der Waals surface area contributed by atoms with Crippen molar-refractivity contribution in [1.29, 1.82) is 0 Å². The monoisotopic (exact) mass is 592 g/mol. The highest BCUT2D eigenvalue weighted by Gasteiger charge is 2.25. The van der Waals surface area contributed by atoms with Crippen LogP contribution in [0.1, 0.15) is 24.4 Å². The number of nitrogens with zero attached hydrogens (tertiary/aromatic N) is 4. The van der Waals surface area contributed by atoms with Crippen molar-refractivity contribution in [3.63, 3.8) is 0 Å². The molecule has 2 N–H and O–H groups in total. The highest BCUT2D eigenvalue weighted by Crippen LogP contribution is 2.47. The zero-order chi connectivity index (χ0) is 28.7. The van der Waals surface area contributed by atoms with Gasteiger partial charge in [-0.1, -0.05) is 0 Å². The molecule has 0 radical (unpaired) electrons. The number of carbonyl (C=O) groups is 1. The minimum absolute atomic E-state index is 0.197. The van der Waals surface area contributed by atoms with Crippen LogP contribution in [0.2, 0.25) is 0 Å². The second-order valence-electron chi connectivity index (χ2n) is 9.78. The number of hydrogen-bond donors (Lipinski definition) is 2. The molecule has 220 valence electrons. The van der Waals surface area contributed by atoms with Gasteiger partial charge in [-0.05, 0) is 37.6 Å². The first kappa shape index (κ1) is 27.9. The van der Waals surface area contributed by atoms with Gasteiger partial charge in [0, 0.05) is 43.0 Å². The summed E-state index contributed by atoms with van der Waals surface area (Å²) in [6.45, 7) is 7.62. The van der Waals surface area contributed by atoms with Gasteiger partial charge in [0.25, 0.3) is 0 Å². The smallest absolute Gasteiger partial charge is 0.319 e. The van der Waals surface area contributed by atoms with Gasteiger partial charge >= 0.3 is 6.03 Å². The van der Waals surface area contributed by atoms with Crippen molar-refractivity contribution in [3.8, 4) is 28.9 Å². The normalized spacial score (nSPS) is 15.6. The number of urea groups is 1. The van der Waals surface area contributed by atoms with Crippen LogP contribution in [0.25, 0.3) is 10.9 Å². The van der Waals surface area contributed by atoms with E-state index in [-0.39, 0.29) is 12.1 Å². The summed E-state index contributed by atoms with van der Waals surface area (Å²) < 4.78 is 29.7. The largest absolute Gasteiger partial charge is 0.489 e. The molecule has 6 rings (SSSR count). The lowest BCUT2D eigenvalue weighted by Crippen LogP contribution is -2.37. The fourth-order valence-electron chi connectivity index (χ4n) is 4.75. The van der Waals surface area contributed by atoms with E-state index in [1.54, 1.807) is 30.5 Å². The van der Waals surface area contributed by atoms with Gasteiger partial charge < -0.3 is 34.3 Å². The van der Waals surface area contributed by atoms with Crippen LogP contribution < -0.4 is 29.6 Å². The van der Waals surface area contributed by atoms with E-state index in [1.807, 2.05) is 18.4 Å². The van der Waals surface area contributed by atoms with E-state index in [9.17, 15) is 4.79 Å². The van der Waals surface area contributed by atoms with Gasteiger partial charge in [-0.2, -0.15) is 0 Å². The molecule has 42 heavy (non-hydrogen) atoms. The Morgan fingerprint density at radius 2 is 1.88 bits per heavy atom. The Balaban J connectivity index is 1.13. The number of fused-ring (bicyclic) bond motifs is 3. The second kappa shape index (κ2) is 13.2. The molecule has 0 saturated carbocycles. The summed E-state index contributed by atoms with van der Waals surface area (Å²) in [6.07, 6.45) is 4.04. The molecule has 4 heterocycles. The summed E-state index contributed by atoms with van der Waals surface area (Å²) in [5.41, 5.74) is 1.24. The third kappa shape index (κ3) is 6.64. The first-order chi connectivity index (χ1) is 20.6. The average molecular weight is 593 g/mol. The molecule has 2 aromatic carbocycles. The number of anilines is 1. The lowest BCUT2D eigenvalue weighted by molar-refractivity contribution is 0.0357. The van der Waals surface area contributed by atoms with Gasteiger partial charge in [0.1, 0.15) is 35.7 Å². The lowest BCUT2D eigenvalue weighted by atomic mass is 10.1. The van der Waals surface area contributed by atoms with E-state index in [0.717, 1.165) is 44.3 Å². The van der Waals surface area contributed by atoms with Gasteiger partial charge in [0.2, 0.25) is 11.6 Å². The zero-order valence-corrected chi connectivity index (χ0v) is 24.0. The first-order valence-electron chi connectivity index (χ1n) is 13.9. The van der Waals surface area contributed by atoms with E-state index >= 15 is 0 Å². The molecule has 12 nitrogen and oxygen atoms in total. The number of nitrogens with one attached hydrogen (secondary N) is 2. The molecule has 2 aliphatic heterocycles. The van der Waals surface area contributed by atoms with E-state index in [1.165, 1.54) is 17.7 Å². The van der Waals surface area contributed by atoms with Crippen molar-refractivity contribution in [3.05, 3.63) is 53.2 Å². The molecule has 4 aromatic rings. The maximum absolute atomic E-state index is 12.4. The number of hydrogen-bond acceptors (Lipinski definition) is 11. The molecular weight excluding hydrogens is 560 g/mol. The molecule has 13 heteroatoms. The number of benzene rings is 2. The summed E-state index contributed by atoms with van der Waals surface area (Å²) in [5, 5.41) is 9.02. The number of rotatable bonds is 10. The number of thiazole rings is 1.